The lowest BCUT2D eigenvalue weighted by molar-refractivity contribution is 0.311. The number of nitrogens with zero attached hydrogens (tertiary/aromatic N) is 1. The van der Waals surface area contributed by atoms with Gasteiger partial charge in [-0.25, -0.2) is 0 Å². The lowest BCUT2D eigenvalue weighted by Crippen LogP contribution is -2.18. The van der Waals surface area contributed by atoms with E-state index in [9.17, 15) is 0 Å². The van der Waals surface area contributed by atoms with Crippen LogP contribution in [0.2, 0.25) is 0 Å². The van der Waals surface area contributed by atoms with Crippen molar-refractivity contribution in [1.29, 1.82) is 0 Å². The zero-order valence-electron chi connectivity index (χ0n) is 10.6. The Bertz CT molecular complexity index is 545. The highest BCUT2D eigenvalue weighted by Crippen LogP contribution is 2.27. The van der Waals surface area contributed by atoms with Gasteiger partial charge in [0.1, 0.15) is 12.2 Å². The Morgan fingerprint density at radius 1 is 1.62 bits per heavy atom. The number of anilines is 1. The summed E-state index contributed by atoms with van der Waals surface area (Å²) in [5.74, 6) is 0.0556. The first-order valence-corrected chi connectivity index (χ1v) is 3.84. The van der Waals surface area contributed by atoms with Gasteiger partial charge in [-0.2, -0.15) is 4.98 Å². The van der Waals surface area contributed by atoms with E-state index >= 15 is 0 Å². The van der Waals surface area contributed by atoms with Crippen molar-refractivity contribution < 1.29 is 10.2 Å². The van der Waals surface area contributed by atoms with E-state index in [1.807, 2.05) is 0 Å². The van der Waals surface area contributed by atoms with Gasteiger partial charge in [0.15, 0.2) is 0 Å². The molecule has 4 nitrogen and oxygen atoms in total. The van der Waals surface area contributed by atoms with Gasteiger partial charge >= 0.3 is 0 Å². The van der Waals surface area contributed by atoms with Crippen LogP contribution in [0.1, 0.15) is 5.48 Å². The molecule has 0 bridgehead atoms. The Kier molecular flexibility index (Phi) is 0.734. The molecule has 0 amide bonds. The lowest BCUT2D eigenvalue weighted by Gasteiger charge is -2.17. The average Bonchev–Trinajstić information content (AvgIpc) is 2.62. The highest BCUT2D eigenvalue weighted by molar-refractivity contribution is 5.81. The first-order chi connectivity index (χ1) is 7.89. The van der Waals surface area contributed by atoms with Crippen molar-refractivity contribution in [3.63, 3.8) is 0 Å². The predicted molar refractivity (Wildman–Crippen MR) is 50.1 cm³/mol. The van der Waals surface area contributed by atoms with Gasteiger partial charge in [0.05, 0.1) is 11.2 Å². The lowest BCUT2D eigenvalue weighted by atomic mass is 10.3. The number of ether oxygens (including phenoxy) is 1. The van der Waals surface area contributed by atoms with Crippen LogP contribution in [0.25, 0.3) is 11.0 Å². The third kappa shape index (κ3) is 0.950. The number of aromatic nitrogens is 2. The van der Waals surface area contributed by atoms with E-state index in [0.717, 1.165) is 5.39 Å². The van der Waals surface area contributed by atoms with Crippen LogP contribution in [0.5, 0.6) is 5.88 Å². The van der Waals surface area contributed by atoms with E-state index in [4.69, 9.17) is 10.2 Å². The van der Waals surface area contributed by atoms with Crippen molar-refractivity contribution in [3.8, 4) is 5.88 Å². The monoisotopic (exact) mass is 179 g/mol. The van der Waals surface area contributed by atoms with Crippen LogP contribution in [-0.4, -0.2) is 23.0 Å². The number of nitrogens with one attached hydrogen (secondary N) is 2. The van der Waals surface area contributed by atoms with Gasteiger partial charge < -0.3 is 15.0 Å². The maximum Gasteiger partial charge on any atom is 0.239 e. The molecule has 66 valence electrons. The maximum absolute atomic E-state index is 7.55. The molecule has 13 heavy (non-hydrogen) atoms. The van der Waals surface area contributed by atoms with E-state index < -0.39 is 13.1 Å². The molecular weight excluding hydrogens is 166 g/mol. The quantitative estimate of drug-likeness (QED) is 0.642. The van der Waals surface area contributed by atoms with Gasteiger partial charge in [0.25, 0.3) is 0 Å². The Morgan fingerprint density at radius 3 is 3.62 bits per heavy atom. The van der Waals surface area contributed by atoms with Crippen molar-refractivity contribution in [2.45, 2.75) is 0 Å². The minimum atomic E-state index is -2.47. The number of H-pyrrole nitrogens is 1. The summed E-state index contributed by atoms with van der Waals surface area (Å²) >= 11 is 0. The zero-order chi connectivity index (χ0) is 12.3. The highest BCUT2D eigenvalue weighted by atomic mass is 16.5. The summed E-state index contributed by atoms with van der Waals surface area (Å²) in [6.07, 6.45) is 1.70. The minimum absolute atomic E-state index is 0.0556. The molecule has 3 heterocycles. The van der Waals surface area contributed by atoms with Gasteiger partial charge in [-0.3, -0.25) is 0 Å². The van der Waals surface area contributed by atoms with Gasteiger partial charge in [-0.15, -0.1) is 0 Å². The van der Waals surface area contributed by atoms with Crippen LogP contribution in [0.15, 0.2) is 18.3 Å². The van der Waals surface area contributed by atoms with Gasteiger partial charge in [0.2, 0.25) is 5.88 Å². The molecule has 0 fully saturated rings. The Morgan fingerprint density at radius 2 is 2.62 bits per heavy atom. The number of aromatic amines is 1. The molecule has 0 aliphatic carbocycles. The Hall–Kier alpha value is -1.71. The largest absolute Gasteiger partial charge is 0.474 e. The summed E-state index contributed by atoms with van der Waals surface area (Å²) in [5, 5.41) is 3.27. The molecule has 3 rings (SSSR count). The molecule has 0 saturated heterocycles. The number of fused-ring (bicyclic) bond motifs is 2. The fraction of sp³-hybridized carbons (Fsp3) is 0.222. The topological polar surface area (TPSA) is 49.9 Å². The number of hydrogen-bond acceptors (Lipinski definition) is 3. The molecule has 0 aromatic carbocycles. The highest BCUT2D eigenvalue weighted by Gasteiger charge is 2.12. The predicted octanol–water partition coefficient (Wildman–Crippen LogP) is 1.37. The van der Waals surface area contributed by atoms with Crippen molar-refractivity contribution in [2.24, 2.45) is 0 Å². The molecule has 0 atom stereocenters. The molecule has 2 aromatic rings. The number of pyridine rings is 1. The molecule has 0 unspecified atom stereocenters. The van der Waals surface area contributed by atoms with Crippen molar-refractivity contribution in [2.75, 3.05) is 18.4 Å². The summed E-state index contributed by atoms with van der Waals surface area (Å²) in [6, 6.07) is 3.46. The van der Waals surface area contributed by atoms with E-state index in [2.05, 4.69) is 15.3 Å². The zero-order valence-corrected chi connectivity index (χ0v) is 6.59. The molecule has 0 saturated carbocycles. The first kappa shape index (κ1) is 4.00. The third-order valence-corrected chi connectivity index (χ3v) is 1.90. The second-order valence-corrected chi connectivity index (χ2v) is 2.71. The van der Waals surface area contributed by atoms with Gasteiger partial charge in [-0.05, 0) is 12.1 Å². The van der Waals surface area contributed by atoms with Crippen LogP contribution in [-0.2, 0) is 0 Å². The fourth-order valence-electron chi connectivity index (χ4n) is 1.30. The summed E-state index contributed by atoms with van der Waals surface area (Å²) < 4.78 is 35.1. The average molecular weight is 179 g/mol. The fourth-order valence-corrected chi connectivity index (χ4v) is 1.30. The minimum Gasteiger partial charge on any atom is -0.474 e. The summed E-state index contributed by atoms with van der Waals surface area (Å²) in [4.78, 5) is 6.97. The third-order valence-electron chi connectivity index (χ3n) is 1.90. The summed E-state index contributed by atoms with van der Waals surface area (Å²) in [6.45, 7) is -4.76. The molecule has 0 radical (unpaired) electrons. The van der Waals surface area contributed by atoms with Crippen molar-refractivity contribution in [3.05, 3.63) is 18.3 Å². The molecule has 1 aliphatic rings. The Balaban J connectivity index is 2.18. The summed E-state index contributed by atoms with van der Waals surface area (Å²) in [5.41, 5.74) is 0.918. The van der Waals surface area contributed by atoms with Crippen LogP contribution >= 0.6 is 0 Å². The van der Waals surface area contributed by atoms with Crippen LogP contribution < -0.4 is 10.1 Å². The van der Waals surface area contributed by atoms with Crippen molar-refractivity contribution in [1.82, 2.24) is 9.97 Å². The van der Waals surface area contributed by atoms with E-state index in [0.29, 0.717) is 11.3 Å². The second-order valence-electron chi connectivity index (χ2n) is 2.71. The number of hydrogen-bond donors (Lipinski definition) is 2. The van der Waals surface area contributed by atoms with Crippen molar-refractivity contribution >= 4 is 16.7 Å². The van der Waals surface area contributed by atoms with Gasteiger partial charge in [0, 0.05) is 18.1 Å². The van der Waals surface area contributed by atoms with E-state index in [1.165, 1.54) is 0 Å². The Labute approximate surface area is 80.5 Å². The number of rotatable bonds is 0. The standard InChI is InChI=1S/C9H9N3O/c1-2-11-8-6(1)5-7-9(12-8)13-4-3-10-7/h1-2,5,10H,3-4H2,(H,11,12)/i3D2,4D2. The smallest absolute Gasteiger partial charge is 0.239 e. The van der Waals surface area contributed by atoms with E-state index in [-0.39, 0.29) is 5.88 Å². The van der Waals surface area contributed by atoms with Crippen LogP contribution in [0.3, 0.4) is 0 Å². The molecule has 0 spiro atoms. The van der Waals surface area contributed by atoms with Gasteiger partial charge in [-0.1, -0.05) is 0 Å². The molecule has 2 aromatic heterocycles. The molecule has 1 aliphatic heterocycles. The van der Waals surface area contributed by atoms with Crippen LogP contribution in [0.4, 0.5) is 5.69 Å². The first-order valence-electron chi connectivity index (χ1n) is 5.84. The molecule has 2 N–H and O–H groups in total. The SMILES string of the molecule is [2H]C1([2H])Nc2cc3cc[nH]c3nc2OC1([2H])[2H]. The van der Waals surface area contributed by atoms with E-state index in [1.54, 1.807) is 18.3 Å². The van der Waals surface area contributed by atoms with Crippen LogP contribution in [0, 0.1) is 0 Å². The second kappa shape index (κ2) is 2.39. The molecule has 4 heteroatoms. The normalized spacial score (nSPS) is 27.1. The molecular formula is C9H9N3O. The maximum atomic E-state index is 7.55. The summed E-state index contributed by atoms with van der Waals surface area (Å²) in [7, 11) is 0.